The van der Waals surface area contributed by atoms with E-state index in [0.29, 0.717) is 12.1 Å². The summed E-state index contributed by atoms with van der Waals surface area (Å²) in [7, 11) is 0. The molecule has 1 fully saturated rings. The average molecular weight is 212 g/mol. The molecule has 0 radical (unpaired) electrons. The number of thiazole rings is 1. The molecule has 1 aromatic rings. The molecule has 4 heteroatoms. The summed E-state index contributed by atoms with van der Waals surface area (Å²) in [6.45, 7) is 3.93. The van der Waals surface area contributed by atoms with Crippen molar-refractivity contribution in [1.82, 2.24) is 10.3 Å². The Kier molecular flexibility index (Phi) is 3.50. The number of aromatic nitrogens is 1. The standard InChI is InChI=1S/C10H16N2OS/c1-2-9(10-11-4-6-14-10)12-8-3-5-13-7-8/h4,6,8-9,12H,2-3,5,7H2,1H3. The van der Waals surface area contributed by atoms with Crippen LogP contribution >= 0.6 is 11.3 Å². The van der Waals surface area contributed by atoms with Crippen LogP contribution in [0, 0.1) is 0 Å². The van der Waals surface area contributed by atoms with E-state index in [-0.39, 0.29) is 0 Å². The molecule has 1 aliphatic heterocycles. The minimum atomic E-state index is 0.404. The first-order chi connectivity index (χ1) is 6.90. The number of hydrogen-bond donors (Lipinski definition) is 1. The number of rotatable bonds is 4. The van der Waals surface area contributed by atoms with Gasteiger partial charge >= 0.3 is 0 Å². The van der Waals surface area contributed by atoms with E-state index in [0.717, 1.165) is 26.1 Å². The Balaban J connectivity index is 1.93. The summed E-state index contributed by atoms with van der Waals surface area (Å²) in [4.78, 5) is 4.34. The molecule has 0 aliphatic carbocycles. The van der Waals surface area contributed by atoms with Gasteiger partial charge in [-0.05, 0) is 12.8 Å². The second-order valence-electron chi connectivity index (χ2n) is 3.56. The van der Waals surface area contributed by atoms with Crippen LogP contribution in [0.4, 0.5) is 0 Å². The van der Waals surface area contributed by atoms with E-state index in [1.165, 1.54) is 5.01 Å². The van der Waals surface area contributed by atoms with Crippen LogP contribution in [0.15, 0.2) is 11.6 Å². The van der Waals surface area contributed by atoms with Crippen molar-refractivity contribution in [1.29, 1.82) is 0 Å². The van der Waals surface area contributed by atoms with Gasteiger partial charge in [0.05, 0.1) is 12.6 Å². The van der Waals surface area contributed by atoms with Gasteiger partial charge in [0.15, 0.2) is 0 Å². The van der Waals surface area contributed by atoms with E-state index in [2.05, 4.69) is 17.2 Å². The highest BCUT2D eigenvalue weighted by Gasteiger charge is 2.20. The zero-order valence-electron chi connectivity index (χ0n) is 8.40. The van der Waals surface area contributed by atoms with Crippen molar-refractivity contribution in [3.63, 3.8) is 0 Å². The van der Waals surface area contributed by atoms with Gasteiger partial charge in [-0.1, -0.05) is 6.92 Å². The molecule has 2 atom stereocenters. The zero-order valence-corrected chi connectivity index (χ0v) is 9.22. The molecule has 1 aliphatic rings. The van der Waals surface area contributed by atoms with Crippen LogP contribution in [-0.4, -0.2) is 24.2 Å². The second-order valence-corrected chi connectivity index (χ2v) is 4.48. The second kappa shape index (κ2) is 4.87. The minimum Gasteiger partial charge on any atom is -0.380 e. The van der Waals surface area contributed by atoms with E-state index >= 15 is 0 Å². The highest BCUT2D eigenvalue weighted by molar-refractivity contribution is 7.09. The lowest BCUT2D eigenvalue weighted by atomic mass is 10.2. The lowest BCUT2D eigenvalue weighted by Gasteiger charge is -2.18. The lowest BCUT2D eigenvalue weighted by molar-refractivity contribution is 0.187. The van der Waals surface area contributed by atoms with E-state index in [4.69, 9.17) is 4.74 Å². The summed E-state index contributed by atoms with van der Waals surface area (Å²) in [6.07, 6.45) is 4.08. The first kappa shape index (κ1) is 10.1. The SMILES string of the molecule is CCC(NC1CCOC1)c1nccs1. The Morgan fingerprint density at radius 2 is 2.71 bits per heavy atom. The molecular formula is C10H16N2OS. The first-order valence-electron chi connectivity index (χ1n) is 5.13. The van der Waals surface area contributed by atoms with Gasteiger partial charge in [0, 0.05) is 24.2 Å². The van der Waals surface area contributed by atoms with Crippen molar-refractivity contribution >= 4 is 11.3 Å². The van der Waals surface area contributed by atoms with Gasteiger partial charge in [-0.3, -0.25) is 0 Å². The fraction of sp³-hybridized carbons (Fsp3) is 0.700. The molecule has 78 valence electrons. The predicted molar refractivity (Wildman–Crippen MR) is 57.5 cm³/mol. The van der Waals surface area contributed by atoms with Crippen LogP contribution in [0.2, 0.25) is 0 Å². The Hall–Kier alpha value is -0.450. The van der Waals surface area contributed by atoms with Gasteiger partial charge in [0.25, 0.3) is 0 Å². The van der Waals surface area contributed by atoms with Crippen molar-refractivity contribution in [2.45, 2.75) is 31.8 Å². The van der Waals surface area contributed by atoms with E-state index in [1.54, 1.807) is 11.3 Å². The molecule has 1 aromatic heterocycles. The van der Waals surface area contributed by atoms with Gasteiger partial charge < -0.3 is 10.1 Å². The van der Waals surface area contributed by atoms with E-state index in [1.807, 2.05) is 11.6 Å². The summed E-state index contributed by atoms with van der Waals surface area (Å²) in [5, 5.41) is 6.82. The van der Waals surface area contributed by atoms with E-state index in [9.17, 15) is 0 Å². The molecule has 1 N–H and O–H groups in total. The van der Waals surface area contributed by atoms with E-state index < -0.39 is 0 Å². The van der Waals surface area contributed by atoms with Crippen LogP contribution < -0.4 is 5.32 Å². The lowest BCUT2D eigenvalue weighted by Crippen LogP contribution is -2.32. The monoisotopic (exact) mass is 212 g/mol. The number of ether oxygens (including phenoxy) is 1. The van der Waals surface area contributed by atoms with Crippen LogP contribution in [0.25, 0.3) is 0 Å². The van der Waals surface area contributed by atoms with Gasteiger partial charge in [0.2, 0.25) is 0 Å². The third-order valence-electron chi connectivity index (χ3n) is 2.52. The van der Waals surface area contributed by atoms with Gasteiger partial charge in [0.1, 0.15) is 5.01 Å². The Labute approximate surface area is 88.5 Å². The molecule has 14 heavy (non-hydrogen) atoms. The molecule has 0 aromatic carbocycles. The third-order valence-corrected chi connectivity index (χ3v) is 3.41. The third kappa shape index (κ3) is 2.32. The molecular weight excluding hydrogens is 196 g/mol. The number of nitrogens with zero attached hydrogens (tertiary/aromatic N) is 1. The molecule has 2 heterocycles. The summed E-state index contributed by atoms with van der Waals surface area (Å²) in [5.41, 5.74) is 0. The zero-order chi connectivity index (χ0) is 9.80. The summed E-state index contributed by atoms with van der Waals surface area (Å²) >= 11 is 1.72. The maximum absolute atomic E-state index is 5.34. The van der Waals surface area contributed by atoms with Gasteiger partial charge in [-0.2, -0.15) is 0 Å². The molecule has 0 amide bonds. The maximum atomic E-state index is 5.34. The Morgan fingerprint density at radius 1 is 1.79 bits per heavy atom. The van der Waals surface area contributed by atoms with Crippen LogP contribution in [0.1, 0.15) is 30.8 Å². The molecule has 2 rings (SSSR count). The molecule has 0 bridgehead atoms. The molecule has 1 saturated heterocycles. The fourth-order valence-electron chi connectivity index (χ4n) is 1.72. The smallest absolute Gasteiger partial charge is 0.109 e. The van der Waals surface area contributed by atoms with Gasteiger partial charge in [-0.15, -0.1) is 11.3 Å². The van der Waals surface area contributed by atoms with Crippen molar-refractivity contribution < 1.29 is 4.74 Å². The Morgan fingerprint density at radius 3 is 3.29 bits per heavy atom. The quantitative estimate of drug-likeness (QED) is 0.828. The summed E-state index contributed by atoms with van der Waals surface area (Å²) < 4.78 is 5.34. The van der Waals surface area contributed by atoms with Crippen LogP contribution in [-0.2, 0) is 4.74 Å². The fourth-order valence-corrected chi connectivity index (χ4v) is 2.50. The molecule has 2 unspecified atom stereocenters. The number of hydrogen-bond acceptors (Lipinski definition) is 4. The Bertz CT molecular complexity index is 257. The molecule has 0 saturated carbocycles. The maximum Gasteiger partial charge on any atom is 0.109 e. The summed E-state index contributed by atoms with van der Waals surface area (Å²) in [6, 6.07) is 0.922. The summed E-state index contributed by atoms with van der Waals surface area (Å²) in [5.74, 6) is 0. The first-order valence-corrected chi connectivity index (χ1v) is 6.01. The number of nitrogens with one attached hydrogen (secondary N) is 1. The van der Waals surface area contributed by atoms with Gasteiger partial charge in [-0.25, -0.2) is 4.98 Å². The molecule has 0 spiro atoms. The van der Waals surface area contributed by atoms with Crippen molar-refractivity contribution in [2.24, 2.45) is 0 Å². The predicted octanol–water partition coefficient (Wildman–Crippen LogP) is 1.97. The van der Waals surface area contributed by atoms with Crippen molar-refractivity contribution in [3.05, 3.63) is 16.6 Å². The average Bonchev–Trinajstić information content (AvgIpc) is 2.86. The van der Waals surface area contributed by atoms with Crippen molar-refractivity contribution in [3.8, 4) is 0 Å². The topological polar surface area (TPSA) is 34.1 Å². The highest BCUT2D eigenvalue weighted by Crippen LogP contribution is 2.20. The molecule has 3 nitrogen and oxygen atoms in total. The van der Waals surface area contributed by atoms with Crippen LogP contribution in [0.3, 0.4) is 0 Å². The minimum absolute atomic E-state index is 0.404. The highest BCUT2D eigenvalue weighted by atomic mass is 32.1. The van der Waals surface area contributed by atoms with Crippen LogP contribution in [0.5, 0.6) is 0 Å². The largest absolute Gasteiger partial charge is 0.380 e. The normalized spacial score (nSPS) is 23.9. The van der Waals surface area contributed by atoms with Crippen molar-refractivity contribution in [2.75, 3.05) is 13.2 Å².